The van der Waals surface area contributed by atoms with Crippen molar-refractivity contribution in [3.63, 3.8) is 0 Å². The van der Waals surface area contributed by atoms with Crippen LogP contribution >= 0.6 is 0 Å². The molecule has 1 aliphatic carbocycles. The molecule has 3 heterocycles. The van der Waals surface area contributed by atoms with Crippen LogP contribution in [-0.4, -0.2) is 46.3 Å². The van der Waals surface area contributed by atoms with E-state index in [-0.39, 0.29) is 11.7 Å². The lowest BCUT2D eigenvalue weighted by atomic mass is 9.79. The molecular formula is C24H27N3O2. The number of rotatable bonds is 5. The Morgan fingerprint density at radius 2 is 2.07 bits per heavy atom. The molecule has 0 spiro atoms. The summed E-state index contributed by atoms with van der Waals surface area (Å²) in [5.41, 5.74) is 1.29. The fourth-order valence-corrected chi connectivity index (χ4v) is 5.19. The molecule has 1 saturated carbocycles. The minimum absolute atomic E-state index is 0.0594. The average molecular weight is 389 g/mol. The Kier molecular flexibility index (Phi) is 4.94. The van der Waals surface area contributed by atoms with Gasteiger partial charge in [0.05, 0.1) is 5.60 Å². The van der Waals surface area contributed by atoms with Crippen molar-refractivity contribution in [2.24, 2.45) is 0 Å². The minimum Gasteiger partial charge on any atom is -0.474 e. The highest BCUT2D eigenvalue weighted by molar-refractivity contribution is 5.84. The lowest BCUT2D eigenvalue weighted by Gasteiger charge is -2.43. The Hall–Kier alpha value is -2.50. The second-order valence-corrected chi connectivity index (χ2v) is 8.20. The van der Waals surface area contributed by atoms with Crippen molar-refractivity contribution >= 4 is 10.8 Å². The van der Waals surface area contributed by atoms with E-state index in [1.807, 2.05) is 37.7 Å². The van der Waals surface area contributed by atoms with E-state index in [2.05, 4.69) is 39.1 Å². The molecule has 150 valence electrons. The van der Waals surface area contributed by atoms with Crippen molar-refractivity contribution in [1.29, 1.82) is 0 Å². The van der Waals surface area contributed by atoms with Gasteiger partial charge in [-0.3, -0.25) is 9.88 Å². The van der Waals surface area contributed by atoms with Crippen LogP contribution in [0.3, 0.4) is 0 Å². The van der Waals surface area contributed by atoms with Crippen molar-refractivity contribution < 1.29 is 9.47 Å². The zero-order valence-corrected chi connectivity index (χ0v) is 16.8. The zero-order valence-electron chi connectivity index (χ0n) is 16.8. The van der Waals surface area contributed by atoms with E-state index in [1.165, 1.54) is 16.3 Å². The lowest BCUT2D eigenvalue weighted by molar-refractivity contribution is -0.0842. The summed E-state index contributed by atoms with van der Waals surface area (Å²) in [7, 11) is 1.88. The number of likely N-dealkylation sites (tertiary alicyclic amines) is 1. The van der Waals surface area contributed by atoms with Gasteiger partial charge < -0.3 is 9.47 Å². The second kappa shape index (κ2) is 7.73. The summed E-state index contributed by atoms with van der Waals surface area (Å²) in [6.07, 6.45) is 9.88. The van der Waals surface area contributed by atoms with Crippen LogP contribution in [0.25, 0.3) is 10.8 Å². The molecule has 2 fully saturated rings. The number of hydrogen-bond acceptors (Lipinski definition) is 5. The van der Waals surface area contributed by atoms with Gasteiger partial charge in [-0.25, -0.2) is 4.98 Å². The number of methoxy groups -OCH3 is 1. The monoisotopic (exact) mass is 389 g/mol. The van der Waals surface area contributed by atoms with E-state index in [4.69, 9.17) is 9.47 Å². The Morgan fingerprint density at radius 1 is 1.10 bits per heavy atom. The third kappa shape index (κ3) is 3.49. The first kappa shape index (κ1) is 18.5. The maximum absolute atomic E-state index is 6.22. The van der Waals surface area contributed by atoms with Crippen LogP contribution in [0.2, 0.25) is 0 Å². The molecule has 5 rings (SSSR count). The van der Waals surface area contributed by atoms with Gasteiger partial charge in [-0.05, 0) is 42.3 Å². The molecule has 0 amide bonds. The van der Waals surface area contributed by atoms with Crippen LogP contribution in [0.5, 0.6) is 5.88 Å². The van der Waals surface area contributed by atoms with Gasteiger partial charge in [0.1, 0.15) is 6.10 Å². The summed E-state index contributed by atoms with van der Waals surface area (Å²) >= 11 is 0. The summed E-state index contributed by atoms with van der Waals surface area (Å²) in [5.74, 6) is 0.716. The zero-order chi connectivity index (χ0) is 19.7. The molecule has 0 unspecified atom stereocenters. The molecule has 0 bridgehead atoms. The van der Waals surface area contributed by atoms with Gasteiger partial charge in [-0.1, -0.05) is 24.3 Å². The Balaban J connectivity index is 1.38. The second-order valence-electron chi connectivity index (χ2n) is 8.20. The quantitative estimate of drug-likeness (QED) is 0.654. The summed E-state index contributed by atoms with van der Waals surface area (Å²) in [4.78, 5) is 11.2. The fourth-order valence-electron chi connectivity index (χ4n) is 5.19. The Bertz CT molecular complexity index is 975. The molecule has 1 aliphatic heterocycles. The highest BCUT2D eigenvalue weighted by Crippen LogP contribution is 2.44. The number of aromatic nitrogens is 2. The van der Waals surface area contributed by atoms with E-state index >= 15 is 0 Å². The van der Waals surface area contributed by atoms with E-state index in [0.717, 1.165) is 38.8 Å². The van der Waals surface area contributed by atoms with Gasteiger partial charge in [0.15, 0.2) is 0 Å². The minimum atomic E-state index is -0.0594. The number of hydrogen-bond donors (Lipinski definition) is 0. The number of ether oxygens (including phenoxy) is 2. The molecule has 3 atom stereocenters. The van der Waals surface area contributed by atoms with Crippen LogP contribution in [0.15, 0.2) is 61.1 Å². The van der Waals surface area contributed by atoms with Crippen LogP contribution in [0.1, 0.15) is 31.2 Å². The third-order valence-electron chi connectivity index (χ3n) is 6.72. The molecule has 29 heavy (non-hydrogen) atoms. The maximum atomic E-state index is 6.22. The normalized spacial score (nSPS) is 27.1. The molecule has 2 aromatic heterocycles. The average Bonchev–Trinajstić information content (AvgIpc) is 3.13. The summed E-state index contributed by atoms with van der Waals surface area (Å²) in [5, 5.41) is 2.48. The Morgan fingerprint density at radius 3 is 2.93 bits per heavy atom. The van der Waals surface area contributed by atoms with E-state index in [1.54, 1.807) is 6.20 Å². The molecule has 0 N–H and O–H groups in total. The predicted molar refractivity (Wildman–Crippen MR) is 113 cm³/mol. The van der Waals surface area contributed by atoms with E-state index < -0.39 is 0 Å². The number of nitrogens with zero attached hydrogens (tertiary/aromatic N) is 3. The number of fused-ring (bicyclic) bond motifs is 2. The van der Waals surface area contributed by atoms with Gasteiger partial charge in [0.2, 0.25) is 5.88 Å². The van der Waals surface area contributed by atoms with Crippen molar-refractivity contribution in [2.75, 3.05) is 13.7 Å². The van der Waals surface area contributed by atoms with Gasteiger partial charge in [-0.2, -0.15) is 0 Å². The van der Waals surface area contributed by atoms with E-state index in [0.29, 0.717) is 11.9 Å². The van der Waals surface area contributed by atoms with Crippen molar-refractivity contribution in [3.05, 3.63) is 66.6 Å². The van der Waals surface area contributed by atoms with Gasteiger partial charge in [0.25, 0.3) is 0 Å². The molecule has 0 radical (unpaired) electrons. The SMILES string of the molecule is CO[C@@]12CC[C@H](Oc3ccccn3)C[C@@H]1N(Cc1cccc3cnccc13)CC2. The lowest BCUT2D eigenvalue weighted by Crippen LogP contribution is -2.52. The molecule has 5 heteroatoms. The topological polar surface area (TPSA) is 47.5 Å². The largest absolute Gasteiger partial charge is 0.474 e. The van der Waals surface area contributed by atoms with Crippen LogP contribution in [0.4, 0.5) is 0 Å². The molecule has 1 aromatic carbocycles. The first-order valence-corrected chi connectivity index (χ1v) is 10.5. The highest BCUT2D eigenvalue weighted by atomic mass is 16.5. The standard InChI is InChI=1S/C24H27N3O2/c1-28-24-10-8-20(29-23-7-2-3-12-26-23)15-22(24)27(14-11-24)17-19-6-4-5-18-16-25-13-9-21(18)19/h2-7,9,12-13,16,20,22H,8,10-11,14-15,17H2,1H3/t20-,22-,24+/m0/s1. The van der Waals surface area contributed by atoms with Crippen LogP contribution < -0.4 is 4.74 Å². The highest BCUT2D eigenvalue weighted by Gasteiger charge is 2.51. The van der Waals surface area contributed by atoms with Crippen LogP contribution in [-0.2, 0) is 11.3 Å². The van der Waals surface area contributed by atoms with E-state index in [9.17, 15) is 0 Å². The summed E-state index contributed by atoms with van der Waals surface area (Å²) in [6, 6.07) is 14.8. The first-order chi connectivity index (χ1) is 14.3. The number of pyridine rings is 2. The summed E-state index contributed by atoms with van der Waals surface area (Å²) in [6.45, 7) is 1.98. The number of benzene rings is 1. The fraction of sp³-hybridized carbons (Fsp3) is 0.417. The van der Waals surface area contributed by atoms with Gasteiger partial charge >= 0.3 is 0 Å². The summed E-state index contributed by atoms with van der Waals surface area (Å²) < 4.78 is 12.4. The van der Waals surface area contributed by atoms with Gasteiger partial charge in [0, 0.05) is 62.7 Å². The molecular weight excluding hydrogens is 362 g/mol. The third-order valence-corrected chi connectivity index (χ3v) is 6.72. The van der Waals surface area contributed by atoms with Crippen molar-refractivity contribution in [1.82, 2.24) is 14.9 Å². The Labute approximate surface area is 171 Å². The molecule has 2 aliphatic rings. The maximum Gasteiger partial charge on any atom is 0.213 e. The first-order valence-electron chi connectivity index (χ1n) is 10.5. The predicted octanol–water partition coefficient (Wildman–Crippen LogP) is 4.22. The molecule has 1 saturated heterocycles. The molecule has 3 aromatic rings. The smallest absolute Gasteiger partial charge is 0.213 e. The van der Waals surface area contributed by atoms with Gasteiger partial charge in [-0.15, -0.1) is 0 Å². The van der Waals surface area contributed by atoms with Crippen molar-refractivity contribution in [3.8, 4) is 5.88 Å². The molecule has 5 nitrogen and oxygen atoms in total. The van der Waals surface area contributed by atoms with Crippen LogP contribution in [0, 0.1) is 0 Å². The van der Waals surface area contributed by atoms with Crippen molar-refractivity contribution in [2.45, 2.75) is 50.0 Å².